The number of nitriles is 1. The summed E-state index contributed by atoms with van der Waals surface area (Å²) in [4.78, 5) is 11.7. The fourth-order valence-electron chi connectivity index (χ4n) is 1.90. The molecule has 0 aliphatic carbocycles. The normalized spacial score (nSPS) is 16.9. The average Bonchev–Trinajstić information content (AvgIpc) is 2.69. The first-order valence-electron chi connectivity index (χ1n) is 5.53. The van der Waals surface area contributed by atoms with E-state index < -0.39 is 6.10 Å². The van der Waals surface area contributed by atoms with Gasteiger partial charge in [-0.05, 0) is 36.6 Å². The number of benzene rings is 1. The van der Waals surface area contributed by atoms with Crippen LogP contribution in [0.3, 0.4) is 0 Å². The molecule has 17 heavy (non-hydrogen) atoms. The van der Waals surface area contributed by atoms with Gasteiger partial charge in [0.1, 0.15) is 12.3 Å². The number of carbonyl (C=O) groups is 1. The molecule has 4 heteroatoms. The Hall–Kier alpha value is -2.02. The highest BCUT2D eigenvalue weighted by molar-refractivity contribution is 5.82. The predicted molar refractivity (Wildman–Crippen MR) is 62.7 cm³/mol. The summed E-state index contributed by atoms with van der Waals surface area (Å²) in [7, 11) is 0. The van der Waals surface area contributed by atoms with Crippen LogP contribution in [0.1, 0.15) is 16.7 Å². The smallest absolute Gasteiger partial charge is 0.262 e. The molecule has 1 heterocycles. The molecule has 4 nitrogen and oxygen atoms in total. The fraction of sp³-hybridized carbons (Fsp3) is 0.385. The molecular weight excluding hydrogens is 216 g/mol. The second-order valence-electron chi connectivity index (χ2n) is 4.23. The number of rotatable bonds is 2. The van der Waals surface area contributed by atoms with Gasteiger partial charge in [-0.15, -0.1) is 0 Å². The van der Waals surface area contributed by atoms with Crippen molar-refractivity contribution in [3.05, 3.63) is 28.8 Å². The van der Waals surface area contributed by atoms with E-state index in [0.29, 0.717) is 6.42 Å². The van der Waals surface area contributed by atoms with Crippen LogP contribution in [0.15, 0.2) is 12.1 Å². The zero-order valence-electron chi connectivity index (χ0n) is 9.91. The van der Waals surface area contributed by atoms with Crippen molar-refractivity contribution >= 4 is 5.91 Å². The lowest BCUT2D eigenvalue weighted by Crippen LogP contribution is -2.37. The Kier molecular flexibility index (Phi) is 3.01. The van der Waals surface area contributed by atoms with Gasteiger partial charge in [0, 0.05) is 6.42 Å². The van der Waals surface area contributed by atoms with Crippen molar-refractivity contribution in [1.82, 2.24) is 5.32 Å². The number of nitrogens with one attached hydrogen (secondary N) is 1. The Morgan fingerprint density at radius 3 is 2.94 bits per heavy atom. The first-order valence-corrected chi connectivity index (χ1v) is 5.53. The lowest BCUT2D eigenvalue weighted by atomic mass is 10.0. The molecule has 1 aromatic carbocycles. The van der Waals surface area contributed by atoms with E-state index in [4.69, 9.17) is 10.00 Å². The fourth-order valence-corrected chi connectivity index (χ4v) is 1.90. The first kappa shape index (κ1) is 11.5. The summed E-state index contributed by atoms with van der Waals surface area (Å²) in [6.45, 7) is 4.08. The third kappa shape index (κ3) is 2.23. The average molecular weight is 230 g/mol. The minimum absolute atomic E-state index is 0.0209. The summed E-state index contributed by atoms with van der Waals surface area (Å²) in [5.74, 6) is 0.559. The highest BCUT2D eigenvalue weighted by Crippen LogP contribution is 2.31. The zero-order chi connectivity index (χ0) is 12.4. The molecule has 1 aromatic rings. The number of fused-ring (bicyclic) bond motifs is 1. The predicted octanol–water partition coefficient (Wildman–Crippen LogP) is 1.25. The summed E-state index contributed by atoms with van der Waals surface area (Å²) in [5, 5.41) is 10.9. The molecular formula is C13H14N2O2. The van der Waals surface area contributed by atoms with E-state index in [-0.39, 0.29) is 12.5 Å². The van der Waals surface area contributed by atoms with Crippen molar-refractivity contribution in [2.24, 2.45) is 0 Å². The molecule has 0 radical (unpaired) electrons. The molecule has 88 valence electrons. The standard InChI is InChI=1S/C13H14N2O2/c1-8-5-10-7-12(13(16)15-4-3-14)17-11(10)6-9(8)2/h5-6,12H,4,7H2,1-2H3,(H,15,16)/t12-/m1/s1. The van der Waals surface area contributed by atoms with Gasteiger partial charge < -0.3 is 10.1 Å². The van der Waals surface area contributed by atoms with E-state index in [0.717, 1.165) is 16.9 Å². The molecule has 1 atom stereocenters. The van der Waals surface area contributed by atoms with Crippen LogP contribution in [0.5, 0.6) is 5.75 Å². The summed E-state index contributed by atoms with van der Waals surface area (Å²) in [6.07, 6.45) is 0.0767. The van der Waals surface area contributed by atoms with E-state index in [1.165, 1.54) is 5.56 Å². The number of carbonyl (C=O) groups excluding carboxylic acids is 1. The Balaban J connectivity index is 2.11. The Morgan fingerprint density at radius 2 is 2.24 bits per heavy atom. The number of amides is 1. The molecule has 1 aliphatic heterocycles. The van der Waals surface area contributed by atoms with Crippen molar-refractivity contribution in [1.29, 1.82) is 5.26 Å². The van der Waals surface area contributed by atoms with Crippen LogP contribution in [0, 0.1) is 25.2 Å². The Morgan fingerprint density at radius 1 is 1.53 bits per heavy atom. The number of ether oxygens (including phenoxy) is 1. The van der Waals surface area contributed by atoms with Gasteiger partial charge in [0.2, 0.25) is 0 Å². The van der Waals surface area contributed by atoms with Crippen molar-refractivity contribution < 1.29 is 9.53 Å². The summed E-state index contributed by atoms with van der Waals surface area (Å²) in [6, 6.07) is 5.89. The van der Waals surface area contributed by atoms with Crippen LogP contribution in [0.2, 0.25) is 0 Å². The SMILES string of the molecule is Cc1cc2c(cc1C)O[C@@H](C(=O)NCC#N)C2. The van der Waals surface area contributed by atoms with Crippen LogP contribution in [-0.2, 0) is 11.2 Å². The maximum atomic E-state index is 11.7. The second kappa shape index (κ2) is 4.46. The molecule has 0 saturated carbocycles. The molecule has 0 saturated heterocycles. The van der Waals surface area contributed by atoms with Crippen LogP contribution >= 0.6 is 0 Å². The van der Waals surface area contributed by atoms with Crippen LogP contribution in [0.25, 0.3) is 0 Å². The Labute approximate surface area is 100 Å². The van der Waals surface area contributed by atoms with Crippen molar-refractivity contribution in [3.63, 3.8) is 0 Å². The zero-order valence-corrected chi connectivity index (χ0v) is 9.91. The molecule has 0 unspecified atom stereocenters. The van der Waals surface area contributed by atoms with Gasteiger partial charge in [-0.1, -0.05) is 6.07 Å². The van der Waals surface area contributed by atoms with E-state index in [9.17, 15) is 4.79 Å². The van der Waals surface area contributed by atoms with Crippen molar-refractivity contribution in [2.45, 2.75) is 26.4 Å². The molecule has 1 amide bonds. The van der Waals surface area contributed by atoms with Crippen molar-refractivity contribution in [2.75, 3.05) is 6.54 Å². The lowest BCUT2D eigenvalue weighted by Gasteiger charge is -2.09. The monoisotopic (exact) mass is 230 g/mol. The van der Waals surface area contributed by atoms with Crippen LogP contribution in [0.4, 0.5) is 0 Å². The lowest BCUT2D eigenvalue weighted by molar-refractivity contribution is -0.126. The number of hydrogen-bond donors (Lipinski definition) is 1. The highest BCUT2D eigenvalue weighted by atomic mass is 16.5. The largest absolute Gasteiger partial charge is 0.480 e. The molecule has 0 fully saturated rings. The number of hydrogen-bond acceptors (Lipinski definition) is 3. The maximum absolute atomic E-state index is 11.7. The van der Waals surface area contributed by atoms with Gasteiger partial charge in [-0.25, -0.2) is 0 Å². The molecule has 1 aliphatic rings. The molecule has 0 spiro atoms. The van der Waals surface area contributed by atoms with Gasteiger partial charge in [-0.3, -0.25) is 4.79 Å². The molecule has 1 N–H and O–H groups in total. The third-order valence-electron chi connectivity index (χ3n) is 2.99. The maximum Gasteiger partial charge on any atom is 0.262 e. The quantitative estimate of drug-likeness (QED) is 0.778. The van der Waals surface area contributed by atoms with E-state index in [2.05, 4.69) is 11.4 Å². The first-order chi connectivity index (χ1) is 8.11. The van der Waals surface area contributed by atoms with E-state index in [1.807, 2.05) is 26.0 Å². The summed E-state index contributed by atoms with van der Waals surface area (Å²) >= 11 is 0. The van der Waals surface area contributed by atoms with Crippen LogP contribution < -0.4 is 10.1 Å². The Bertz CT molecular complexity index is 472. The van der Waals surface area contributed by atoms with Gasteiger partial charge in [0.05, 0.1) is 6.07 Å². The second-order valence-corrected chi connectivity index (χ2v) is 4.23. The highest BCUT2D eigenvalue weighted by Gasteiger charge is 2.29. The third-order valence-corrected chi connectivity index (χ3v) is 2.99. The minimum atomic E-state index is -0.500. The molecule has 2 rings (SSSR count). The summed E-state index contributed by atoms with van der Waals surface area (Å²) in [5.41, 5.74) is 3.41. The van der Waals surface area contributed by atoms with Crippen LogP contribution in [-0.4, -0.2) is 18.6 Å². The molecule has 0 bridgehead atoms. The van der Waals surface area contributed by atoms with E-state index >= 15 is 0 Å². The number of aryl methyl sites for hydroxylation is 2. The summed E-state index contributed by atoms with van der Waals surface area (Å²) < 4.78 is 5.58. The van der Waals surface area contributed by atoms with E-state index in [1.54, 1.807) is 0 Å². The minimum Gasteiger partial charge on any atom is -0.480 e. The van der Waals surface area contributed by atoms with Gasteiger partial charge in [0.25, 0.3) is 5.91 Å². The molecule has 0 aromatic heterocycles. The number of nitrogens with zero attached hydrogens (tertiary/aromatic N) is 1. The van der Waals surface area contributed by atoms with Gasteiger partial charge >= 0.3 is 0 Å². The van der Waals surface area contributed by atoms with Gasteiger partial charge in [-0.2, -0.15) is 5.26 Å². The van der Waals surface area contributed by atoms with Gasteiger partial charge in [0.15, 0.2) is 6.10 Å². The van der Waals surface area contributed by atoms with Crippen molar-refractivity contribution in [3.8, 4) is 11.8 Å². The topological polar surface area (TPSA) is 62.1 Å².